The summed E-state index contributed by atoms with van der Waals surface area (Å²) in [5.74, 6) is 0.513. The molecule has 1 fully saturated rings. The summed E-state index contributed by atoms with van der Waals surface area (Å²) in [6, 6.07) is 38.5. The number of fused-ring (bicyclic) bond motifs is 1. The molecule has 6 aromatic rings. The third-order valence-corrected chi connectivity index (χ3v) is 11.7. The lowest BCUT2D eigenvalue weighted by Crippen LogP contribution is -2.48. The van der Waals surface area contributed by atoms with Gasteiger partial charge < -0.3 is 19.3 Å². The average molecular weight is 778 g/mol. The Hall–Kier alpha value is -5.20. The van der Waals surface area contributed by atoms with Gasteiger partial charge in [-0.2, -0.15) is 0 Å². The molecule has 2 aromatic heterocycles. The SMILES string of the molecule is O=C(O)c1ccc(OCCc2c(CCNS(=O)(=O)CCN3CCN(c4ccccn4)CC3)n(C(c3ccccc3)c3ccccc3)c3ccc(Cl)cc23)cc1. The summed E-state index contributed by atoms with van der Waals surface area (Å²) in [5, 5.41) is 10.9. The fraction of sp³-hybridized carbons (Fsp3) is 0.256. The molecule has 1 aliphatic rings. The molecule has 0 radical (unpaired) electrons. The Morgan fingerprint density at radius 3 is 2.15 bits per heavy atom. The van der Waals surface area contributed by atoms with Crippen molar-refractivity contribution in [3.05, 3.63) is 160 Å². The van der Waals surface area contributed by atoms with Crippen molar-refractivity contribution in [2.24, 2.45) is 0 Å². The highest BCUT2D eigenvalue weighted by Crippen LogP contribution is 2.38. The third kappa shape index (κ3) is 9.37. The van der Waals surface area contributed by atoms with Gasteiger partial charge in [-0.05, 0) is 71.3 Å². The summed E-state index contributed by atoms with van der Waals surface area (Å²) in [5.41, 5.74) is 5.34. The second-order valence-electron chi connectivity index (χ2n) is 13.6. The van der Waals surface area contributed by atoms with Crippen molar-refractivity contribution in [1.82, 2.24) is 19.2 Å². The number of hydrogen-bond acceptors (Lipinski definition) is 7. The highest BCUT2D eigenvalue weighted by atomic mass is 35.5. The van der Waals surface area contributed by atoms with E-state index in [-0.39, 0.29) is 23.9 Å². The van der Waals surface area contributed by atoms with Crippen LogP contribution in [0.2, 0.25) is 5.02 Å². The zero-order valence-corrected chi connectivity index (χ0v) is 32.0. The number of carboxylic acids is 1. The topological polar surface area (TPSA) is 117 Å². The van der Waals surface area contributed by atoms with Gasteiger partial charge in [0.05, 0.1) is 24.0 Å². The maximum absolute atomic E-state index is 13.5. The molecular formula is C43H44ClN5O5S. The number of anilines is 1. The minimum atomic E-state index is -3.58. The number of aromatic carboxylic acids is 1. The van der Waals surface area contributed by atoms with Gasteiger partial charge in [0.2, 0.25) is 10.0 Å². The number of sulfonamides is 1. The van der Waals surface area contributed by atoms with E-state index in [0.29, 0.717) is 36.8 Å². The molecule has 0 aliphatic carbocycles. The Morgan fingerprint density at radius 2 is 1.51 bits per heavy atom. The number of nitrogens with zero attached hydrogens (tertiary/aromatic N) is 4. The van der Waals surface area contributed by atoms with Crippen molar-refractivity contribution in [3.63, 3.8) is 0 Å². The first-order valence-electron chi connectivity index (χ1n) is 18.5. The third-order valence-electron chi connectivity index (χ3n) is 10.1. The quantitative estimate of drug-likeness (QED) is 0.109. The summed E-state index contributed by atoms with van der Waals surface area (Å²) in [6.45, 7) is 4.09. The first-order valence-corrected chi connectivity index (χ1v) is 20.5. The van der Waals surface area contributed by atoms with Crippen LogP contribution in [0.25, 0.3) is 10.9 Å². The predicted octanol–water partition coefficient (Wildman–Crippen LogP) is 6.93. The molecule has 55 heavy (non-hydrogen) atoms. The molecule has 7 rings (SSSR count). The van der Waals surface area contributed by atoms with E-state index in [1.807, 2.05) is 72.8 Å². The number of nitrogens with one attached hydrogen (secondary N) is 1. The van der Waals surface area contributed by atoms with E-state index in [0.717, 1.165) is 65.3 Å². The van der Waals surface area contributed by atoms with Gasteiger partial charge in [-0.1, -0.05) is 78.3 Å². The number of piperazine rings is 1. The Kier molecular flexibility index (Phi) is 12.1. The van der Waals surface area contributed by atoms with Crippen LogP contribution in [0, 0.1) is 0 Å². The fourth-order valence-corrected chi connectivity index (χ4v) is 8.59. The average Bonchev–Trinajstić information content (AvgIpc) is 3.50. The van der Waals surface area contributed by atoms with Gasteiger partial charge in [0.1, 0.15) is 11.6 Å². The lowest BCUT2D eigenvalue weighted by atomic mass is 9.97. The second kappa shape index (κ2) is 17.5. The van der Waals surface area contributed by atoms with Crippen LogP contribution in [0.4, 0.5) is 5.82 Å². The van der Waals surface area contributed by atoms with Gasteiger partial charge in [-0.25, -0.2) is 22.9 Å². The van der Waals surface area contributed by atoms with Gasteiger partial charge in [0, 0.05) is 79.9 Å². The van der Waals surface area contributed by atoms with E-state index in [4.69, 9.17) is 16.3 Å². The van der Waals surface area contributed by atoms with Crippen LogP contribution in [0.5, 0.6) is 5.75 Å². The fourth-order valence-electron chi connectivity index (χ4n) is 7.37. The largest absolute Gasteiger partial charge is 0.493 e. The summed E-state index contributed by atoms with van der Waals surface area (Å²) < 4.78 is 38.3. The molecule has 0 unspecified atom stereocenters. The molecule has 0 spiro atoms. The Labute approximate surface area is 327 Å². The van der Waals surface area contributed by atoms with E-state index in [9.17, 15) is 18.3 Å². The van der Waals surface area contributed by atoms with Crippen molar-refractivity contribution >= 4 is 44.3 Å². The van der Waals surface area contributed by atoms with Crippen LogP contribution in [0.15, 0.2) is 128 Å². The molecule has 0 amide bonds. The van der Waals surface area contributed by atoms with Gasteiger partial charge in [0.25, 0.3) is 0 Å². The summed E-state index contributed by atoms with van der Waals surface area (Å²) >= 11 is 6.65. The molecule has 4 aromatic carbocycles. The standard InChI is InChI=1S/C43H44ClN5O5S/c44-35-16-19-39-38(31-35)37(21-29-54-36-17-14-34(15-18-36)43(50)51)40(49(39)42(32-9-3-1-4-10-32)33-11-5-2-6-12-33)20-23-46-55(52,53)30-28-47-24-26-48(27-25-47)41-13-7-8-22-45-41/h1-19,22,31,42,46H,20-21,23-30H2,(H,50,51). The molecule has 284 valence electrons. The number of carboxylic acid groups (broad SMARTS) is 1. The van der Waals surface area contributed by atoms with Crippen molar-refractivity contribution in [2.45, 2.75) is 18.9 Å². The molecule has 0 saturated carbocycles. The van der Waals surface area contributed by atoms with Crippen LogP contribution < -0.4 is 14.4 Å². The summed E-state index contributed by atoms with van der Waals surface area (Å²) in [4.78, 5) is 20.2. The predicted molar refractivity (Wildman–Crippen MR) is 218 cm³/mol. The van der Waals surface area contributed by atoms with Crippen molar-refractivity contribution in [3.8, 4) is 5.75 Å². The van der Waals surface area contributed by atoms with Crippen molar-refractivity contribution in [2.75, 3.05) is 56.5 Å². The van der Waals surface area contributed by atoms with Crippen molar-refractivity contribution in [1.29, 1.82) is 0 Å². The Morgan fingerprint density at radius 1 is 0.836 bits per heavy atom. The molecule has 1 saturated heterocycles. The summed E-state index contributed by atoms with van der Waals surface area (Å²) in [6.07, 6.45) is 2.72. The van der Waals surface area contributed by atoms with E-state index < -0.39 is 16.0 Å². The number of halogens is 1. The first-order chi connectivity index (χ1) is 26.8. The first kappa shape index (κ1) is 38.1. The highest BCUT2D eigenvalue weighted by Gasteiger charge is 2.26. The lowest BCUT2D eigenvalue weighted by Gasteiger charge is -2.35. The number of benzene rings is 4. The van der Waals surface area contributed by atoms with E-state index in [1.165, 1.54) is 12.1 Å². The molecule has 0 bridgehead atoms. The summed E-state index contributed by atoms with van der Waals surface area (Å²) in [7, 11) is -3.58. The Bertz CT molecular complexity index is 2260. The number of pyridine rings is 1. The minimum Gasteiger partial charge on any atom is -0.493 e. The van der Waals surface area contributed by atoms with Gasteiger partial charge in [-0.3, -0.25) is 4.90 Å². The molecule has 1 aliphatic heterocycles. The van der Waals surface area contributed by atoms with Crippen LogP contribution in [0.1, 0.15) is 38.8 Å². The number of hydrogen-bond donors (Lipinski definition) is 2. The van der Waals surface area contributed by atoms with Crippen LogP contribution in [-0.4, -0.2) is 85.6 Å². The molecule has 2 N–H and O–H groups in total. The second-order valence-corrected chi connectivity index (χ2v) is 16.0. The van der Waals surface area contributed by atoms with Crippen LogP contribution >= 0.6 is 11.6 Å². The molecule has 0 atom stereocenters. The van der Waals surface area contributed by atoms with Crippen LogP contribution in [-0.2, 0) is 22.9 Å². The number of rotatable bonds is 16. The zero-order chi connectivity index (χ0) is 38.2. The normalized spacial score (nSPS) is 13.7. The van der Waals surface area contributed by atoms with E-state index in [1.54, 1.807) is 18.3 Å². The monoisotopic (exact) mass is 777 g/mol. The van der Waals surface area contributed by atoms with Crippen LogP contribution in [0.3, 0.4) is 0 Å². The Balaban J connectivity index is 1.14. The van der Waals surface area contributed by atoms with Gasteiger partial charge >= 0.3 is 5.97 Å². The maximum atomic E-state index is 13.5. The highest BCUT2D eigenvalue weighted by molar-refractivity contribution is 7.89. The van der Waals surface area contributed by atoms with E-state index >= 15 is 0 Å². The van der Waals surface area contributed by atoms with Gasteiger partial charge in [0.15, 0.2) is 0 Å². The molecule has 3 heterocycles. The molecule has 12 heteroatoms. The van der Waals surface area contributed by atoms with Crippen molar-refractivity contribution < 1.29 is 23.1 Å². The number of ether oxygens (including phenoxy) is 1. The number of aromatic nitrogens is 2. The zero-order valence-electron chi connectivity index (χ0n) is 30.4. The molecular weight excluding hydrogens is 734 g/mol. The maximum Gasteiger partial charge on any atom is 0.335 e. The number of carbonyl (C=O) groups is 1. The van der Waals surface area contributed by atoms with Gasteiger partial charge in [-0.15, -0.1) is 0 Å². The lowest BCUT2D eigenvalue weighted by molar-refractivity contribution is 0.0696. The smallest absolute Gasteiger partial charge is 0.335 e. The van der Waals surface area contributed by atoms with E-state index in [2.05, 4.69) is 48.3 Å². The molecule has 10 nitrogen and oxygen atoms in total. The minimum absolute atomic E-state index is 0.00715.